The van der Waals surface area contributed by atoms with Gasteiger partial charge in [-0.3, -0.25) is 13.7 Å². The number of unbranched alkanes of at least 4 members (excludes halogenated alkanes) is 2. The zero-order chi connectivity index (χ0) is 50.8. The molecule has 14 atom stereocenters. The molecule has 0 aromatic rings. The van der Waals surface area contributed by atoms with Gasteiger partial charge in [0.2, 0.25) is 0 Å². The lowest BCUT2D eigenvalue weighted by molar-refractivity contribution is -0.870. The maximum Gasteiger partial charge on any atom is 0.268 e. The van der Waals surface area contributed by atoms with Crippen LogP contribution in [0.4, 0.5) is 0 Å². The van der Waals surface area contributed by atoms with Crippen LogP contribution in [0.15, 0.2) is 0 Å². The minimum Gasteiger partial charge on any atom is -0.756 e. The third kappa shape index (κ3) is 18.8. The van der Waals surface area contributed by atoms with Crippen molar-refractivity contribution in [2.75, 3.05) is 143 Å². The van der Waals surface area contributed by atoms with Crippen LogP contribution in [-0.4, -0.2) is 174 Å². The van der Waals surface area contributed by atoms with E-state index in [4.69, 9.17) is 41.4 Å². The summed E-state index contributed by atoms with van der Waals surface area (Å²) in [6, 6.07) is 0. The Balaban J connectivity index is 1.55. The molecule has 4 aliphatic carbocycles. The molecule has 68 heavy (non-hydrogen) atoms. The lowest BCUT2D eigenvalue weighted by Gasteiger charge is -2.64. The van der Waals surface area contributed by atoms with Crippen LogP contribution in [-0.2, 0) is 55.0 Å². The van der Waals surface area contributed by atoms with E-state index in [1.165, 1.54) is 6.42 Å². The van der Waals surface area contributed by atoms with Gasteiger partial charge in [0.25, 0.3) is 23.5 Å². The summed E-state index contributed by atoms with van der Waals surface area (Å²) in [7, 11) is 4.08. The molecule has 0 amide bonds. The molecular weight excluding hydrogens is 939 g/mol. The topological polar surface area (TPSA) is 203 Å². The number of rotatable bonds is 32. The molecule has 0 saturated heterocycles. The average molecular weight is 1030 g/mol. The molecule has 0 heterocycles. The number of ether oxygens (including phenoxy) is 3. The molecule has 4 saturated carbocycles. The summed E-state index contributed by atoms with van der Waals surface area (Å²) in [6.07, 6.45) is 10.1. The first-order valence-electron chi connectivity index (χ1n) is 25.5. The number of phosphoric acid groups is 3. The summed E-state index contributed by atoms with van der Waals surface area (Å²) in [6.45, 7) is 10.8. The van der Waals surface area contributed by atoms with E-state index >= 15 is 0 Å². The number of hydrogen-bond acceptors (Lipinski definition) is 15. The Morgan fingerprint density at radius 3 is 1.53 bits per heavy atom. The zero-order valence-corrected chi connectivity index (χ0v) is 46.9. The van der Waals surface area contributed by atoms with Gasteiger partial charge in [-0.05, 0) is 85.9 Å². The van der Waals surface area contributed by atoms with Gasteiger partial charge in [-0.1, -0.05) is 53.4 Å². The first-order chi connectivity index (χ1) is 31.4. The molecule has 0 N–H and O–H groups in total. The maximum atomic E-state index is 12.8. The van der Waals surface area contributed by atoms with Crippen molar-refractivity contribution >= 4 is 23.5 Å². The van der Waals surface area contributed by atoms with Crippen molar-refractivity contribution < 1.29 is 83.2 Å². The molecule has 0 aliphatic heterocycles. The molecule has 18 nitrogen and oxygen atoms in total. The van der Waals surface area contributed by atoms with Crippen LogP contribution in [0.25, 0.3) is 0 Å². The van der Waals surface area contributed by atoms with Crippen LogP contribution in [0.1, 0.15) is 98.3 Å². The van der Waals surface area contributed by atoms with Crippen molar-refractivity contribution in [3.63, 3.8) is 0 Å². The lowest BCUT2D eigenvalue weighted by atomic mass is 9.43. The summed E-state index contributed by atoms with van der Waals surface area (Å²) in [5.74, 6) is 1.59. The Kier molecular flexibility index (Phi) is 22.8. The number of nitrogens with zero attached hydrogens (tertiary/aromatic N) is 3. The highest BCUT2D eigenvalue weighted by molar-refractivity contribution is 7.46. The Bertz CT molecular complexity index is 1680. The van der Waals surface area contributed by atoms with E-state index in [1.54, 1.807) is 0 Å². The third-order valence-electron chi connectivity index (χ3n) is 15.7. The van der Waals surface area contributed by atoms with E-state index in [9.17, 15) is 28.4 Å². The van der Waals surface area contributed by atoms with Crippen LogP contribution in [0.5, 0.6) is 0 Å². The van der Waals surface area contributed by atoms with Gasteiger partial charge in [-0.2, -0.15) is 0 Å². The van der Waals surface area contributed by atoms with E-state index in [2.05, 4.69) is 27.7 Å². The molecule has 0 radical (unpaired) electrons. The van der Waals surface area contributed by atoms with Crippen molar-refractivity contribution in [3.8, 4) is 0 Å². The monoisotopic (exact) mass is 1030 g/mol. The highest BCUT2D eigenvalue weighted by Gasteiger charge is 2.66. The number of quaternary nitrogens is 3. The second-order valence-corrected chi connectivity index (χ2v) is 28.1. The highest BCUT2D eigenvalue weighted by Crippen LogP contribution is 2.69. The summed E-state index contributed by atoms with van der Waals surface area (Å²) in [4.78, 5) is 38.0. The van der Waals surface area contributed by atoms with E-state index in [0.717, 1.165) is 64.2 Å². The summed E-state index contributed by atoms with van der Waals surface area (Å²) in [5.41, 5.74) is -0.350. The predicted octanol–water partition coefficient (Wildman–Crippen LogP) is 5.86. The molecule has 4 fully saturated rings. The van der Waals surface area contributed by atoms with Gasteiger partial charge in [-0.15, -0.1) is 0 Å². The van der Waals surface area contributed by atoms with Gasteiger partial charge in [0, 0.05) is 5.41 Å². The number of likely N-dealkylation sites (N-methyl/N-ethyl adjacent to an activating group) is 3. The molecule has 4 aliphatic rings. The molecule has 402 valence electrons. The summed E-state index contributed by atoms with van der Waals surface area (Å²) < 4.78 is 91.1. The zero-order valence-electron chi connectivity index (χ0n) is 44.3. The van der Waals surface area contributed by atoms with Gasteiger partial charge < -0.3 is 69.5 Å². The fourth-order valence-electron chi connectivity index (χ4n) is 12.0. The van der Waals surface area contributed by atoms with E-state index < -0.39 is 23.5 Å². The Labute approximate surface area is 410 Å². The van der Waals surface area contributed by atoms with Crippen molar-refractivity contribution in [3.05, 3.63) is 0 Å². The van der Waals surface area contributed by atoms with E-state index in [-0.39, 0.29) is 112 Å². The van der Waals surface area contributed by atoms with E-state index in [0.29, 0.717) is 44.9 Å². The second-order valence-electron chi connectivity index (χ2n) is 23.9. The van der Waals surface area contributed by atoms with Crippen LogP contribution < -0.4 is 14.7 Å². The van der Waals surface area contributed by atoms with Crippen LogP contribution in [0.3, 0.4) is 0 Å². The van der Waals surface area contributed by atoms with E-state index in [1.807, 2.05) is 63.4 Å². The fourth-order valence-corrected chi connectivity index (χ4v) is 14.0. The average Bonchev–Trinajstić information content (AvgIpc) is 3.56. The SMILES string of the molecule is CCCCC[C@@H](C)[C@H]1CC[C@H]2[C@@H]3[C@H](OCCOP(=O)([O-])OCC[N+](C)(C)C)C[C@@H]4C[C@H](OCCOP(=O)([O-])OCC[N+](C)(C)C)CC[C@]4(C)[C@H]3C[C@H](OCCOP(=O)([O-])OCC[N+](C)(C)C)[C@]12C. The van der Waals surface area contributed by atoms with Crippen LogP contribution in [0.2, 0.25) is 0 Å². The minimum absolute atomic E-state index is 0.0164. The molecule has 4 rings (SSSR count). The summed E-state index contributed by atoms with van der Waals surface area (Å²) in [5, 5.41) is 0. The van der Waals surface area contributed by atoms with Crippen molar-refractivity contribution in [2.24, 2.45) is 46.3 Å². The van der Waals surface area contributed by atoms with Crippen LogP contribution >= 0.6 is 23.5 Å². The first kappa shape index (κ1) is 60.6. The Hall–Kier alpha value is 0.0900. The molecule has 0 aromatic carbocycles. The quantitative estimate of drug-likeness (QED) is 0.0440. The fraction of sp³-hybridized carbons (Fsp3) is 1.00. The molecule has 21 heteroatoms. The Morgan fingerprint density at radius 1 is 0.574 bits per heavy atom. The number of fused-ring (bicyclic) bond motifs is 5. The number of phosphoric ester groups is 3. The molecule has 3 unspecified atom stereocenters. The molecule has 0 aromatic heterocycles. The largest absolute Gasteiger partial charge is 0.756 e. The van der Waals surface area contributed by atoms with Crippen molar-refractivity contribution in [1.29, 1.82) is 0 Å². The number of hydrogen-bond donors (Lipinski definition) is 0. The summed E-state index contributed by atoms with van der Waals surface area (Å²) >= 11 is 0. The van der Waals surface area contributed by atoms with Gasteiger partial charge in [-0.25, -0.2) is 0 Å². The highest BCUT2D eigenvalue weighted by atomic mass is 31.2. The molecule has 0 spiro atoms. The second kappa shape index (κ2) is 25.6. The maximum absolute atomic E-state index is 12.8. The van der Waals surface area contributed by atoms with Gasteiger partial charge >= 0.3 is 0 Å². The van der Waals surface area contributed by atoms with Gasteiger partial charge in [0.15, 0.2) is 0 Å². The normalized spacial score (nSPS) is 33.2. The van der Waals surface area contributed by atoms with Gasteiger partial charge in [0.1, 0.15) is 39.5 Å². The standard InChI is InChI=1S/C47H94N3O15P3/c1-14-15-16-17-37(2)40-18-19-41-45-42(36-44(47(40,41)4)59-30-33-65-68(55,56)62-27-24-50(11,12)13)46(3)21-20-39(57-28-31-63-66(51,52)60-25-22-48(5,6)7)34-38(46)35-43(45)58-29-32-64-67(53,54)61-26-23-49(8,9)10/h37-45H,14-36H2,1-13H3/t37-,38+,39-,40-,41+,42+,43-,44+,45+,46+,47-/m1/s1. The first-order valence-corrected chi connectivity index (χ1v) is 29.8. The molecular formula is C47H94N3O15P3. The lowest BCUT2D eigenvalue weighted by Crippen LogP contribution is -2.63. The molecule has 0 bridgehead atoms. The van der Waals surface area contributed by atoms with Crippen molar-refractivity contribution in [1.82, 2.24) is 0 Å². The Morgan fingerprint density at radius 2 is 1.04 bits per heavy atom. The van der Waals surface area contributed by atoms with Crippen molar-refractivity contribution in [2.45, 2.75) is 117 Å². The smallest absolute Gasteiger partial charge is 0.268 e. The minimum atomic E-state index is -4.55. The van der Waals surface area contributed by atoms with Gasteiger partial charge in [0.05, 0.1) is 121 Å². The predicted molar refractivity (Wildman–Crippen MR) is 256 cm³/mol. The third-order valence-corrected chi connectivity index (χ3v) is 18.7. The van der Waals surface area contributed by atoms with Crippen LogP contribution in [0, 0.1) is 46.3 Å².